The third kappa shape index (κ3) is 4.74. The Kier molecular flexibility index (Phi) is 6.12. The summed E-state index contributed by atoms with van der Waals surface area (Å²) in [6.07, 6.45) is 1.69. The molecule has 1 aliphatic rings. The number of halogens is 2. The molecule has 1 heterocycles. The normalized spacial score (nSPS) is 15.7. The summed E-state index contributed by atoms with van der Waals surface area (Å²) >= 11 is 5.91. The molecule has 1 amide bonds. The maximum absolute atomic E-state index is 14.0. The van der Waals surface area contributed by atoms with Gasteiger partial charge >= 0.3 is 0 Å². The number of methoxy groups -OCH3 is 1. The standard InChI is InChI=1S/C20H22ClFN2O2/c1-26-17-6-7-18(19(22)12-17)20(25)23-16-8-10-24(11-9-16)13-14-2-4-15(21)5-3-14/h2-7,12,16H,8-11,13H2,1H3,(H,23,25). The molecule has 26 heavy (non-hydrogen) atoms. The monoisotopic (exact) mass is 376 g/mol. The molecule has 138 valence electrons. The SMILES string of the molecule is COc1ccc(C(=O)NC2CCN(Cc3ccc(Cl)cc3)CC2)c(F)c1. The Morgan fingerprint density at radius 3 is 2.54 bits per heavy atom. The van der Waals surface area contributed by atoms with Crippen molar-refractivity contribution in [1.29, 1.82) is 0 Å². The molecule has 4 nitrogen and oxygen atoms in total. The maximum atomic E-state index is 14.0. The Bertz CT molecular complexity index is 759. The zero-order valence-electron chi connectivity index (χ0n) is 14.7. The van der Waals surface area contributed by atoms with Gasteiger partial charge in [0.1, 0.15) is 11.6 Å². The van der Waals surface area contributed by atoms with Gasteiger partial charge in [0.2, 0.25) is 0 Å². The van der Waals surface area contributed by atoms with Crippen LogP contribution in [0.3, 0.4) is 0 Å². The summed E-state index contributed by atoms with van der Waals surface area (Å²) in [5.41, 5.74) is 1.27. The number of amides is 1. The highest BCUT2D eigenvalue weighted by Gasteiger charge is 2.22. The lowest BCUT2D eigenvalue weighted by atomic mass is 10.0. The van der Waals surface area contributed by atoms with Gasteiger partial charge in [-0.1, -0.05) is 23.7 Å². The maximum Gasteiger partial charge on any atom is 0.254 e. The first-order chi connectivity index (χ1) is 12.5. The number of nitrogens with one attached hydrogen (secondary N) is 1. The van der Waals surface area contributed by atoms with Crippen molar-refractivity contribution < 1.29 is 13.9 Å². The van der Waals surface area contributed by atoms with Crippen molar-refractivity contribution in [3.05, 3.63) is 64.4 Å². The molecule has 0 saturated carbocycles. The highest BCUT2D eigenvalue weighted by molar-refractivity contribution is 6.30. The van der Waals surface area contributed by atoms with Crippen molar-refractivity contribution in [3.8, 4) is 5.75 Å². The second kappa shape index (κ2) is 8.52. The number of carbonyl (C=O) groups excluding carboxylic acids is 1. The van der Waals surface area contributed by atoms with Gasteiger partial charge in [-0.2, -0.15) is 0 Å². The molecular weight excluding hydrogens is 355 g/mol. The summed E-state index contributed by atoms with van der Waals surface area (Å²) in [6.45, 7) is 2.64. The number of hydrogen-bond donors (Lipinski definition) is 1. The first kappa shape index (κ1) is 18.7. The number of ether oxygens (including phenoxy) is 1. The van der Waals surface area contributed by atoms with Gasteiger partial charge in [-0.3, -0.25) is 9.69 Å². The van der Waals surface area contributed by atoms with E-state index in [1.54, 1.807) is 6.07 Å². The zero-order chi connectivity index (χ0) is 18.5. The van der Waals surface area contributed by atoms with Crippen LogP contribution in [0.1, 0.15) is 28.8 Å². The third-order valence-corrected chi connectivity index (χ3v) is 4.92. The van der Waals surface area contributed by atoms with Crippen molar-refractivity contribution >= 4 is 17.5 Å². The minimum Gasteiger partial charge on any atom is -0.497 e. The fourth-order valence-electron chi connectivity index (χ4n) is 3.15. The number of nitrogens with zero attached hydrogens (tertiary/aromatic N) is 1. The highest BCUT2D eigenvalue weighted by Crippen LogP contribution is 2.19. The molecule has 1 fully saturated rings. The van der Waals surface area contributed by atoms with Crippen LogP contribution < -0.4 is 10.1 Å². The van der Waals surface area contributed by atoms with Crippen LogP contribution in [0.2, 0.25) is 5.02 Å². The number of likely N-dealkylation sites (tertiary alicyclic amines) is 1. The lowest BCUT2D eigenvalue weighted by molar-refractivity contribution is 0.0905. The summed E-state index contributed by atoms with van der Waals surface area (Å²) in [7, 11) is 1.46. The number of piperidine rings is 1. The zero-order valence-corrected chi connectivity index (χ0v) is 15.4. The summed E-state index contributed by atoms with van der Waals surface area (Å²) in [5.74, 6) is -0.544. The average Bonchev–Trinajstić information content (AvgIpc) is 2.65. The lowest BCUT2D eigenvalue weighted by Crippen LogP contribution is -2.44. The molecule has 3 rings (SSSR count). The van der Waals surface area contributed by atoms with Crippen molar-refractivity contribution in [2.45, 2.75) is 25.4 Å². The van der Waals surface area contributed by atoms with Gasteiger partial charge in [-0.15, -0.1) is 0 Å². The predicted molar refractivity (Wildman–Crippen MR) is 100 cm³/mol. The smallest absolute Gasteiger partial charge is 0.254 e. The molecule has 0 aromatic heterocycles. The minimum atomic E-state index is -0.568. The molecule has 6 heteroatoms. The van der Waals surface area contributed by atoms with Gasteiger partial charge in [0.25, 0.3) is 5.91 Å². The molecule has 1 N–H and O–H groups in total. The quantitative estimate of drug-likeness (QED) is 0.861. The highest BCUT2D eigenvalue weighted by atomic mass is 35.5. The van der Waals surface area contributed by atoms with E-state index in [1.807, 2.05) is 24.3 Å². The van der Waals surface area contributed by atoms with E-state index < -0.39 is 5.82 Å². The first-order valence-electron chi connectivity index (χ1n) is 8.66. The summed E-state index contributed by atoms with van der Waals surface area (Å²) in [5, 5.41) is 3.68. The van der Waals surface area contributed by atoms with E-state index in [2.05, 4.69) is 10.2 Å². The summed E-state index contributed by atoms with van der Waals surface area (Å²) in [6, 6.07) is 12.2. The molecule has 0 atom stereocenters. The Morgan fingerprint density at radius 2 is 1.92 bits per heavy atom. The van der Waals surface area contributed by atoms with Crippen molar-refractivity contribution in [2.24, 2.45) is 0 Å². The second-order valence-electron chi connectivity index (χ2n) is 6.50. The molecule has 0 unspecified atom stereocenters. The molecule has 1 aliphatic heterocycles. The van der Waals surface area contributed by atoms with E-state index in [4.69, 9.17) is 16.3 Å². The number of carbonyl (C=O) groups is 1. The van der Waals surface area contributed by atoms with Crippen molar-refractivity contribution in [2.75, 3.05) is 20.2 Å². The first-order valence-corrected chi connectivity index (χ1v) is 9.04. The summed E-state index contributed by atoms with van der Waals surface area (Å²) in [4.78, 5) is 14.7. The van der Waals surface area contributed by atoms with Crippen LogP contribution in [0, 0.1) is 5.82 Å². The number of rotatable bonds is 5. The van der Waals surface area contributed by atoms with Gasteiger partial charge in [0.05, 0.1) is 12.7 Å². The number of hydrogen-bond acceptors (Lipinski definition) is 3. The van der Waals surface area contributed by atoms with E-state index in [1.165, 1.54) is 24.8 Å². The van der Waals surface area contributed by atoms with Gasteiger partial charge in [-0.05, 0) is 42.7 Å². The fourth-order valence-corrected chi connectivity index (χ4v) is 3.28. The van der Waals surface area contributed by atoms with Gasteiger partial charge in [-0.25, -0.2) is 4.39 Å². The molecule has 1 saturated heterocycles. The molecule has 2 aromatic rings. The van der Waals surface area contributed by atoms with Crippen molar-refractivity contribution in [1.82, 2.24) is 10.2 Å². The van der Waals surface area contributed by atoms with E-state index in [0.717, 1.165) is 37.5 Å². The minimum absolute atomic E-state index is 0.0504. The lowest BCUT2D eigenvalue weighted by Gasteiger charge is -2.32. The van der Waals surface area contributed by atoms with Crippen LogP contribution in [-0.2, 0) is 6.54 Å². The van der Waals surface area contributed by atoms with Gasteiger partial charge in [0, 0.05) is 36.8 Å². The average molecular weight is 377 g/mol. The Balaban J connectivity index is 1.50. The molecular formula is C20H22ClFN2O2. The Morgan fingerprint density at radius 1 is 1.23 bits per heavy atom. The van der Waals surface area contributed by atoms with Gasteiger partial charge in [0.15, 0.2) is 0 Å². The molecule has 0 aliphatic carbocycles. The van der Waals surface area contributed by atoms with Crippen LogP contribution in [0.15, 0.2) is 42.5 Å². The third-order valence-electron chi connectivity index (χ3n) is 4.66. The topological polar surface area (TPSA) is 41.6 Å². The molecule has 2 aromatic carbocycles. The summed E-state index contributed by atoms with van der Waals surface area (Å²) < 4.78 is 19.0. The Hall–Kier alpha value is -2.11. The fraction of sp³-hybridized carbons (Fsp3) is 0.350. The Labute approximate surface area is 157 Å². The predicted octanol–water partition coefficient (Wildman–Crippen LogP) is 3.88. The largest absolute Gasteiger partial charge is 0.497 e. The van der Waals surface area contributed by atoms with Crippen LogP contribution in [-0.4, -0.2) is 37.0 Å². The molecule has 0 bridgehead atoms. The van der Waals surface area contributed by atoms with E-state index in [9.17, 15) is 9.18 Å². The van der Waals surface area contributed by atoms with Crippen molar-refractivity contribution in [3.63, 3.8) is 0 Å². The second-order valence-corrected chi connectivity index (χ2v) is 6.93. The van der Waals surface area contributed by atoms with Crippen LogP contribution in [0.25, 0.3) is 0 Å². The van der Waals surface area contributed by atoms with Crippen LogP contribution in [0.5, 0.6) is 5.75 Å². The van der Waals surface area contributed by atoms with E-state index in [-0.39, 0.29) is 17.5 Å². The van der Waals surface area contributed by atoms with E-state index >= 15 is 0 Å². The van der Waals surface area contributed by atoms with Crippen LogP contribution >= 0.6 is 11.6 Å². The van der Waals surface area contributed by atoms with Gasteiger partial charge < -0.3 is 10.1 Å². The van der Waals surface area contributed by atoms with E-state index in [0.29, 0.717) is 5.75 Å². The van der Waals surface area contributed by atoms with Crippen LogP contribution in [0.4, 0.5) is 4.39 Å². The molecule has 0 spiro atoms. The number of benzene rings is 2. The molecule has 0 radical (unpaired) electrons.